The Hall–Kier alpha value is -1.30. The zero-order valence-electron chi connectivity index (χ0n) is 14.8. The highest BCUT2D eigenvalue weighted by atomic mass is 35.5. The Labute approximate surface area is 150 Å². The summed E-state index contributed by atoms with van der Waals surface area (Å²) in [4.78, 5) is 12.7. The van der Waals surface area contributed by atoms with E-state index in [2.05, 4.69) is 10.6 Å². The number of rotatable bonds is 7. The molecule has 0 radical (unpaired) electrons. The number of hydrogen-bond acceptors (Lipinski definition) is 4. The number of carbonyl (C=O) groups excluding carboxylic acids is 1. The molecule has 6 heteroatoms. The SMILES string of the molecule is COCC1(C(=O)NCC(C)Oc2ccccc2C)CCNCC1.Cl. The van der Waals surface area contributed by atoms with Crippen molar-refractivity contribution in [3.8, 4) is 5.75 Å². The second kappa shape index (κ2) is 9.87. The average Bonchev–Trinajstić information content (AvgIpc) is 2.56. The first-order valence-electron chi connectivity index (χ1n) is 8.28. The van der Waals surface area contributed by atoms with Crippen molar-refractivity contribution < 1.29 is 14.3 Å². The van der Waals surface area contributed by atoms with Gasteiger partial charge >= 0.3 is 0 Å². The highest BCUT2D eigenvalue weighted by molar-refractivity contribution is 5.85. The van der Waals surface area contributed by atoms with Crippen molar-refractivity contribution >= 4 is 18.3 Å². The summed E-state index contributed by atoms with van der Waals surface area (Å²) in [5, 5.41) is 6.34. The number of amides is 1. The van der Waals surface area contributed by atoms with Gasteiger partial charge in [0.25, 0.3) is 0 Å². The van der Waals surface area contributed by atoms with Crippen LogP contribution in [0.4, 0.5) is 0 Å². The average molecular weight is 357 g/mol. The number of ether oxygens (including phenoxy) is 2. The minimum atomic E-state index is -0.414. The van der Waals surface area contributed by atoms with Crippen LogP contribution in [-0.4, -0.2) is 45.4 Å². The van der Waals surface area contributed by atoms with Crippen molar-refractivity contribution in [3.63, 3.8) is 0 Å². The van der Waals surface area contributed by atoms with E-state index in [0.717, 1.165) is 37.2 Å². The third-order valence-corrected chi connectivity index (χ3v) is 4.43. The highest BCUT2D eigenvalue weighted by Crippen LogP contribution is 2.29. The Kier molecular flexibility index (Phi) is 8.53. The van der Waals surface area contributed by atoms with Gasteiger partial charge in [-0.2, -0.15) is 0 Å². The Balaban J connectivity index is 0.00000288. The van der Waals surface area contributed by atoms with Crippen LogP contribution in [0.25, 0.3) is 0 Å². The van der Waals surface area contributed by atoms with E-state index >= 15 is 0 Å². The highest BCUT2D eigenvalue weighted by Gasteiger charge is 2.39. The molecule has 136 valence electrons. The van der Waals surface area contributed by atoms with Gasteiger partial charge in [-0.1, -0.05) is 18.2 Å². The maximum atomic E-state index is 12.7. The molecule has 1 aliphatic rings. The molecule has 2 rings (SSSR count). The van der Waals surface area contributed by atoms with Crippen LogP contribution in [0.5, 0.6) is 5.75 Å². The summed E-state index contributed by atoms with van der Waals surface area (Å²) in [6.07, 6.45) is 1.53. The molecule has 1 aromatic rings. The van der Waals surface area contributed by atoms with Crippen molar-refractivity contribution in [1.82, 2.24) is 10.6 Å². The maximum absolute atomic E-state index is 12.7. The summed E-state index contributed by atoms with van der Waals surface area (Å²) in [6.45, 7) is 6.65. The molecule has 24 heavy (non-hydrogen) atoms. The van der Waals surface area contributed by atoms with Gasteiger partial charge in [-0.05, 0) is 51.4 Å². The standard InChI is InChI=1S/C18H28N2O3.ClH/c1-14-6-4-5-7-16(14)23-15(2)12-20-17(21)18(13-22-3)8-10-19-11-9-18;/h4-7,15,19H,8-13H2,1-3H3,(H,20,21);1H. The summed E-state index contributed by atoms with van der Waals surface area (Å²) in [5.74, 6) is 0.934. The smallest absolute Gasteiger partial charge is 0.228 e. The lowest BCUT2D eigenvalue weighted by atomic mass is 9.78. The van der Waals surface area contributed by atoms with E-state index in [1.807, 2.05) is 38.1 Å². The summed E-state index contributed by atoms with van der Waals surface area (Å²) >= 11 is 0. The van der Waals surface area contributed by atoms with Crippen LogP contribution >= 0.6 is 12.4 Å². The quantitative estimate of drug-likeness (QED) is 0.787. The fourth-order valence-electron chi connectivity index (χ4n) is 2.99. The van der Waals surface area contributed by atoms with Crippen molar-refractivity contribution in [2.45, 2.75) is 32.8 Å². The minimum Gasteiger partial charge on any atom is -0.489 e. The molecule has 0 bridgehead atoms. The van der Waals surface area contributed by atoms with Crippen LogP contribution in [0.3, 0.4) is 0 Å². The number of hydrogen-bond donors (Lipinski definition) is 2. The molecule has 1 heterocycles. The van der Waals surface area contributed by atoms with Gasteiger partial charge in [0.05, 0.1) is 18.6 Å². The fraction of sp³-hybridized carbons (Fsp3) is 0.611. The molecule has 1 fully saturated rings. The number of aryl methyl sites for hydroxylation is 1. The molecule has 0 aliphatic carbocycles. The third kappa shape index (κ3) is 5.36. The minimum absolute atomic E-state index is 0. The van der Waals surface area contributed by atoms with Gasteiger partial charge in [-0.3, -0.25) is 4.79 Å². The van der Waals surface area contributed by atoms with Crippen molar-refractivity contribution in [3.05, 3.63) is 29.8 Å². The van der Waals surface area contributed by atoms with E-state index in [0.29, 0.717) is 13.2 Å². The second-order valence-corrected chi connectivity index (χ2v) is 6.37. The molecule has 1 aliphatic heterocycles. The first kappa shape index (κ1) is 20.7. The summed E-state index contributed by atoms with van der Waals surface area (Å²) < 4.78 is 11.2. The van der Waals surface area contributed by atoms with E-state index < -0.39 is 5.41 Å². The molecule has 1 unspecified atom stereocenters. The van der Waals surface area contributed by atoms with Gasteiger partial charge in [-0.15, -0.1) is 12.4 Å². The summed E-state index contributed by atoms with van der Waals surface area (Å²) in [7, 11) is 1.65. The lowest BCUT2D eigenvalue weighted by Crippen LogP contribution is -2.51. The summed E-state index contributed by atoms with van der Waals surface area (Å²) in [5.41, 5.74) is 0.683. The largest absolute Gasteiger partial charge is 0.489 e. The first-order valence-corrected chi connectivity index (χ1v) is 8.28. The van der Waals surface area contributed by atoms with Gasteiger partial charge in [-0.25, -0.2) is 0 Å². The van der Waals surface area contributed by atoms with E-state index in [9.17, 15) is 4.79 Å². The van der Waals surface area contributed by atoms with Crippen LogP contribution in [-0.2, 0) is 9.53 Å². The number of methoxy groups -OCH3 is 1. The normalized spacial score (nSPS) is 17.5. The molecular weight excluding hydrogens is 328 g/mol. The van der Waals surface area contributed by atoms with Crippen LogP contribution in [0.15, 0.2) is 24.3 Å². The first-order chi connectivity index (χ1) is 11.1. The second-order valence-electron chi connectivity index (χ2n) is 6.37. The van der Waals surface area contributed by atoms with Gasteiger partial charge in [0.1, 0.15) is 11.9 Å². The Morgan fingerprint density at radius 2 is 2.00 bits per heavy atom. The lowest BCUT2D eigenvalue weighted by Gasteiger charge is -2.35. The number of carbonyl (C=O) groups is 1. The Morgan fingerprint density at radius 1 is 1.33 bits per heavy atom. The summed E-state index contributed by atoms with van der Waals surface area (Å²) in [6, 6.07) is 7.91. The van der Waals surface area contributed by atoms with Crippen LogP contribution in [0.1, 0.15) is 25.3 Å². The molecular formula is C18H29ClN2O3. The molecule has 0 saturated carbocycles. The van der Waals surface area contributed by atoms with Crippen LogP contribution in [0.2, 0.25) is 0 Å². The topological polar surface area (TPSA) is 59.6 Å². The predicted octanol–water partition coefficient (Wildman–Crippen LogP) is 2.32. The Morgan fingerprint density at radius 3 is 2.62 bits per heavy atom. The predicted molar refractivity (Wildman–Crippen MR) is 97.9 cm³/mol. The van der Waals surface area contributed by atoms with E-state index in [4.69, 9.17) is 9.47 Å². The number of nitrogens with one attached hydrogen (secondary N) is 2. The number of para-hydroxylation sites is 1. The lowest BCUT2D eigenvalue weighted by molar-refractivity contribution is -0.136. The van der Waals surface area contributed by atoms with E-state index in [1.54, 1.807) is 7.11 Å². The van der Waals surface area contributed by atoms with Crippen molar-refractivity contribution in [1.29, 1.82) is 0 Å². The van der Waals surface area contributed by atoms with Gasteiger partial charge in [0, 0.05) is 7.11 Å². The van der Waals surface area contributed by atoms with Crippen LogP contribution < -0.4 is 15.4 Å². The molecule has 2 N–H and O–H groups in total. The molecule has 1 saturated heterocycles. The van der Waals surface area contributed by atoms with Gasteiger partial charge in [0.15, 0.2) is 0 Å². The zero-order chi connectivity index (χ0) is 16.7. The zero-order valence-corrected chi connectivity index (χ0v) is 15.6. The van der Waals surface area contributed by atoms with Crippen LogP contribution in [0, 0.1) is 12.3 Å². The van der Waals surface area contributed by atoms with Gasteiger partial charge in [0.2, 0.25) is 5.91 Å². The van der Waals surface area contributed by atoms with Gasteiger partial charge < -0.3 is 20.1 Å². The number of benzene rings is 1. The number of halogens is 1. The molecule has 5 nitrogen and oxygen atoms in total. The van der Waals surface area contributed by atoms with Crippen molar-refractivity contribution in [2.75, 3.05) is 33.4 Å². The molecule has 0 aromatic heterocycles. The maximum Gasteiger partial charge on any atom is 0.228 e. The van der Waals surface area contributed by atoms with E-state index in [1.165, 1.54) is 0 Å². The molecule has 0 spiro atoms. The third-order valence-electron chi connectivity index (χ3n) is 4.43. The molecule has 1 aromatic carbocycles. The molecule has 1 atom stereocenters. The fourth-order valence-corrected chi connectivity index (χ4v) is 2.99. The molecule has 1 amide bonds. The van der Waals surface area contributed by atoms with Crippen molar-refractivity contribution in [2.24, 2.45) is 5.41 Å². The van der Waals surface area contributed by atoms with E-state index in [-0.39, 0.29) is 24.4 Å². The Bertz CT molecular complexity index is 513. The number of piperidine rings is 1. The monoisotopic (exact) mass is 356 g/mol.